The molecule has 0 spiro atoms. The number of methoxy groups -OCH3 is 1. The molecule has 24 heavy (non-hydrogen) atoms. The number of benzene rings is 1. The lowest BCUT2D eigenvalue weighted by atomic mass is 10.1. The Morgan fingerprint density at radius 3 is 2.71 bits per heavy atom. The molecule has 1 heterocycles. The highest BCUT2D eigenvalue weighted by Gasteiger charge is 2.15. The number of rotatable bonds is 7. The van der Waals surface area contributed by atoms with E-state index >= 15 is 0 Å². The zero-order valence-corrected chi connectivity index (χ0v) is 14.1. The highest BCUT2D eigenvalue weighted by Crippen LogP contribution is 2.18. The fraction of sp³-hybridized carbons (Fsp3) is 0.333. The minimum atomic E-state index is -0.803. The van der Waals surface area contributed by atoms with Crippen LogP contribution in [-0.2, 0) is 29.5 Å². The number of aliphatic carboxylic acids is 1. The molecule has 0 saturated carbocycles. The average Bonchev–Trinajstić information content (AvgIpc) is 2.86. The van der Waals surface area contributed by atoms with Gasteiger partial charge in [0.1, 0.15) is 0 Å². The summed E-state index contributed by atoms with van der Waals surface area (Å²) < 4.78 is 6.74. The number of carbonyl (C=O) groups is 2. The van der Waals surface area contributed by atoms with Crippen LogP contribution in [0.25, 0.3) is 0 Å². The number of aryl methyl sites for hydroxylation is 1. The van der Waals surface area contributed by atoms with Gasteiger partial charge in [0.25, 0.3) is 0 Å². The van der Waals surface area contributed by atoms with E-state index in [2.05, 4.69) is 5.32 Å². The van der Waals surface area contributed by atoms with Gasteiger partial charge in [0.2, 0.25) is 0 Å². The molecule has 6 heteroatoms. The quantitative estimate of drug-likeness (QED) is 0.763. The summed E-state index contributed by atoms with van der Waals surface area (Å²) in [6.07, 6.45) is 0.615. The van der Waals surface area contributed by atoms with Crippen LogP contribution in [0.3, 0.4) is 0 Å². The molecular formula is C18H22N2O4. The summed E-state index contributed by atoms with van der Waals surface area (Å²) in [5.41, 5.74) is 4.27. The smallest absolute Gasteiger partial charge is 0.339 e. The number of carboxylic acid groups (broad SMARTS) is 1. The van der Waals surface area contributed by atoms with E-state index < -0.39 is 5.97 Å². The first kappa shape index (κ1) is 17.6. The van der Waals surface area contributed by atoms with E-state index in [-0.39, 0.29) is 12.4 Å². The number of carbonyl (C=O) groups excluding carboxylic acids is 1. The number of esters is 1. The summed E-state index contributed by atoms with van der Waals surface area (Å²) in [5, 5.41) is 12.1. The van der Waals surface area contributed by atoms with Crippen molar-refractivity contribution in [3.63, 3.8) is 0 Å². The van der Waals surface area contributed by atoms with Gasteiger partial charge in [-0.15, -0.1) is 0 Å². The Morgan fingerprint density at radius 1 is 1.29 bits per heavy atom. The van der Waals surface area contributed by atoms with Crippen LogP contribution in [0.15, 0.2) is 30.3 Å². The van der Waals surface area contributed by atoms with Gasteiger partial charge in [-0.1, -0.05) is 12.1 Å². The molecule has 6 nitrogen and oxygen atoms in total. The highest BCUT2D eigenvalue weighted by molar-refractivity contribution is 5.91. The molecule has 0 atom stereocenters. The zero-order valence-electron chi connectivity index (χ0n) is 14.1. The third kappa shape index (κ3) is 4.16. The molecule has 0 unspecified atom stereocenters. The standard InChI is InChI=1S/C18H22N2O4/c1-12-16(18(23)24-3)10-15(20(12)2)11-19-14-6-4-5-13(9-14)7-8-17(21)22/h4-6,9-10,19H,7-8,11H2,1-3H3,(H,21,22). The number of nitrogens with zero attached hydrogens (tertiary/aromatic N) is 1. The predicted octanol–water partition coefficient (Wildman–Crippen LogP) is 2.75. The van der Waals surface area contributed by atoms with Crippen LogP contribution in [0.2, 0.25) is 0 Å². The molecule has 0 saturated heterocycles. The Bertz CT molecular complexity index is 749. The monoisotopic (exact) mass is 330 g/mol. The van der Waals surface area contributed by atoms with E-state index in [0.29, 0.717) is 18.5 Å². The van der Waals surface area contributed by atoms with Crippen LogP contribution < -0.4 is 5.32 Å². The van der Waals surface area contributed by atoms with Gasteiger partial charge >= 0.3 is 11.9 Å². The third-order valence-electron chi connectivity index (χ3n) is 4.07. The molecule has 2 aromatic rings. The number of hydrogen-bond acceptors (Lipinski definition) is 4. The number of nitrogens with one attached hydrogen (secondary N) is 1. The Morgan fingerprint density at radius 2 is 2.04 bits per heavy atom. The molecule has 0 amide bonds. The maximum atomic E-state index is 11.7. The maximum Gasteiger partial charge on any atom is 0.339 e. The van der Waals surface area contributed by atoms with Crippen molar-refractivity contribution >= 4 is 17.6 Å². The fourth-order valence-corrected chi connectivity index (χ4v) is 2.53. The van der Waals surface area contributed by atoms with Crippen molar-refractivity contribution in [2.75, 3.05) is 12.4 Å². The molecule has 0 fully saturated rings. The molecule has 0 bridgehead atoms. The summed E-state index contributed by atoms with van der Waals surface area (Å²) in [7, 11) is 3.28. The summed E-state index contributed by atoms with van der Waals surface area (Å²) in [5.74, 6) is -1.15. The summed E-state index contributed by atoms with van der Waals surface area (Å²) in [6, 6.07) is 9.51. The molecule has 1 aromatic carbocycles. The minimum absolute atomic E-state index is 0.114. The Kier molecular flexibility index (Phi) is 5.63. The number of aromatic nitrogens is 1. The molecular weight excluding hydrogens is 308 g/mol. The summed E-state index contributed by atoms with van der Waals surface area (Å²) in [4.78, 5) is 22.4. The number of carboxylic acids is 1. The molecule has 0 aliphatic carbocycles. The van der Waals surface area contributed by atoms with Crippen LogP contribution in [0.5, 0.6) is 0 Å². The van der Waals surface area contributed by atoms with Crippen LogP contribution in [0.4, 0.5) is 5.69 Å². The van der Waals surface area contributed by atoms with Crippen molar-refractivity contribution in [1.29, 1.82) is 0 Å². The van der Waals surface area contributed by atoms with Crippen molar-refractivity contribution in [3.8, 4) is 0 Å². The molecule has 0 aliphatic rings. The van der Waals surface area contributed by atoms with Crippen molar-refractivity contribution in [1.82, 2.24) is 4.57 Å². The summed E-state index contributed by atoms with van der Waals surface area (Å²) >= 11 is 0. The highest BCUT2D eigenvalue weighted by atomic mass is 16.5. The van der Waals surface area contributed by atoms with Gasteiger partial charge in [-0.05, 0) is 37.1 Å². The van der Waals surface area contributed by atoms with E-state index in [4.69, 9.17) is 9.84 Å². The molecule has 128 valence electrons. The number of ether oxygens (including phenoxy) is 1. The van der Waals surface area contributed by atoms with E-state index in [1.807, 2.05) is 48.9 Å². The van der Waals surface area contributed by atoms with E-state index in [0.717, 1.165) is 22.6 Å². The second-order valence-corrected chi connectivity index (χ2v) is 5.63. The van der Waals surface area contributed by atoms with Crippen molar-refractivity contribution in [2.24, 2.45) is 7.05 Å². The van der Waals surface area contributed by atoms with Gasteiger partial charge in [-0.3, -0.25) is 4.79 Å². The SMILES string of the molecule is COC(=O)c1cc(CNc2cccc(CCC(=O)O)c2)n(C)c1C. The van der Waals surface area contributed by atoms with Crippen molar-refractivity contribution < 1.29 is 19.4 Å². The van der Waals surface area contributed by atoms with Crippen LogP contribution in [0, 0.1) is 6.92 Å². The van der Waals surface area contributed by atoms with Gasteiger partial charge in [0, 0.05) is 30.5 Å². The van der Waals surface area contributed by atoms with Gasteiger partial charge in [-0.25, -0.2) is 4.79 Å². The van der Waals surface area contributed by atoms with E-state index in [9.17, 15) is 9.59 Å². The summed E-state index contributed by atoms with van der Waals surface area (Å²) in [6.45, 7) is 2.43. The second kappa shape index (κ2) is 7.68. The first-order chi connectivity index (χ1) is 11.4. The lowest BCUT2D eigenvalue weighted by Gasteiger charge is -2.10. The largest absolute Gasteiger partial charge is 0.481 e. The first-order valence-corrected chi connectivity index (χ1v) is 7.70. The second-order valence-electron chi connectivity index (χ2n) is 5.63. The van der Waals surface area contributed by atoms with Gasteiger partial charge < -0.3 is 19.7 Å². The first-order valence-electron chi connectivity index (χ1n) is 7.70. The molecule has 0 aliphatic heterocycles. The molecule has 0 radical (unpaired) electrons. The molecule has 2 rings (SSSR count). The van der Waals surface area contributed by atoms with E-state index in [1.165, 1.54) is 7.11 Å². The Hall–Kier alpha value is -2.76. The third-order valence-corrected chi connectivity index (χ3v) is 4.07. The van der Waals surface area contributed by atoms with Crippen molar-refractivity contribution in [2.45, 2.75) is 26.3 Å². The van der Waals surface area contributed by atoms with Crippen molar-refractivity contribution in [3.05, 3.63) is 52.8 Å². The maximum absolute atomic E-state index is 11.7. The topological polar surface area (TPSA) is 80.6 Å². The molecule has 1 aromatic heterocycles. The fourth-order valence-electron chi connectivity index (χ4n) is 2.53. The number of anilines is 1. The lowest BCUT2D eigenvalue weighted by Crippen LogP contribution is -2.06. The Balaban J connectivity index is 2.07. The van der Waals surface area contributed by atoms with Crippen LogP contribution >= 0.6 is 0 Å². The lowest BCUT2D eigenvalue weighted by molar-refractivity contribution is -0.136. The Labute approximate surface area is 141 Å². The van der Waals surface area contributed by atoms with E-state index in [1.54, 1.807) is 0 Å². The van der Waals surface area contributed by atoms with Gasteiger partial charge in [0.05, 0.1) is 19.2 Å². The van der Waals surface area contributed by atoms with Crippen LogP contribution in [0.1, 0.15) is 33.7 Å². The average molecular weight is 330 g/mol. The van der Waals surface area contributed by atoms with Crippen LogP contribution in [-0.4, -0.2) is 28.7 Å². The van der Waals surface area contributed by atoms with Gasteiger partial charge in [-0.2, -0.15) is 0 Å². The normalized spacial score (nSPS) is 10.5. The molecule has 2 N–H and O–H groups in total. The van der Waals surface area contributed by atoms with Gasteiger partial charge in [0.15, 0.2) is 0 Å². The minimum Gasteiger partial charge on any atom is -0.481 e. The predicted molar refractivity (Wildman–Crippen MR) is 91.2 cm³/mol. The zero-order chi connectivity index (χ0) is 17.7. The number of hydrogen-bond donors (Lipinski definition) is 2.